The minimum absolute atomic E-state index is 0.611. The van der Waals surface area contributed by atoms with Gasteiger partial charge in [0.1, 0.15) is 0 Å². The molecule has 1 aliphatic rings. The van der Waals surface area contributed by atoms with Crippen LogP contribution < -0.4 is 0 Å². The molecule has 3 heterocycles. The molecule has 2 aromatic heterocycles. The third-order valence-electron chi connectivity index (χ3n) is 4.19. The smallest absolute Gasteiger partial charge is 0.155 e. The largest absolute Gasteiger partial charge is 0.301 e. The molecular formula is C15H22N4. The van der Waals surface area contributed by atoms with Crippen LogP contribution in [0.15, 0.2) is 18.3 Å². The van der Waals surface area contributed by atoms with E-state index in [9.17, 15) is 0 Å². The second-order valence-corrected chi connectivity index (χ2v) is 5.83. The number of rotatable bonds is 2. The summed E-state index contributed by atoms with van der Waals surface area (Å²) >= 11 is 0. The van der Waals surface area contributed by atoms with Crippen LogP contribution in [-0.2, 0) is 0 Å². The zero-order valence-corrected chi connectivity index (χ0v) is 12.0. The SMILES string of the molecule is Cc1cc2nccc(C3CCN(C(C)C)CC3)n2n1. The number of likely N-dealkylation sites (tertiary alicyclic amines) is 1. The summed E-state index contributed by atoms with van der Waals surface area (Å²) in [4.78, 5) is 6.95. The Morgan fingerprint density at radius 3 is 2.68 bits per heavy atom. The Bertz CT molecular complexity index is 565. The number of hydrogen-bond donors (Lipinski definition) is 0. The minimum atomic E-state index is 0.611. The Labute approximate surface area is 114 Å². The first-order chi connectivity index (χ1) is 9.15. The molecule has 0 aliphatic carbocycles. The van der Waals surface area contributed by atoms with Crippen LogP contribution in [0.1, 0.15) is 44.0 Å². The molecule has 0 saturated carbocycles. The van der Waals surface area contributed by atoms with Gasteiger partial charge in [-0.15, -0.1) is 0 Å². The Balaban J connectivity index is 1.85. The van der Waals surface area contributed by atoms with E-state index >= 15 is 0 Å². The number of fused-ring (bicyclic) bond motifs is 1. The average molecular weight is 258 g/mol. The first-order valence-corrected chi connectivity index (χ1v) is 7.20. The Morgan fingerprint density at radius 1 is 1.26 bits per heavy atom. The third-order valence-corrected chi connectivity index (χ3v) is 4.19. The molecule has 4 nitrogen and oxygen atoms in total. The van der Waals surface area contributed by atoms with Gasteiger partial charge in [0, 0.05) is 29.9 Å². The molecule has 0 amide bonds. The number of aryl methyl sites for hydroxylation is 1. The van der Waals surface area contributed by atoms with Crippen LogP contribution in [0.2, 0.25) is 0 Å². The molecule has 102 valence electrons. The highest BCUT2D eigenvalue weighted by Gasteiger charge is 2.24. The van der Waals surface area contributed by atoms with Crippen LogP contribution >= 0.6 is 0 Å². The standard InChI is InChI=1S/C15H22N4/c1-11(2)18-8-5-13(6-9-18)14-4-7-16-15-10-12(3)17-19(14)15/h4,7,10-11,13H,5-6,8-9H2,1-3H3. The quantitative estimate of drug-likeness (QED) is 0.830. The van der Waals surface area contributed by atoms with E-state index in [1.165, 1.54) is 31.6 Å². The molecule has 2 aromatic rings. The van der Waals surface area contributed by atoms with E-state index in [0.717, 1.165) is 11.3 Å². The Morgan fingerprint density at radius 2 is 2.00 bits per heavy atom. The lowest BCUT2D eigenvalue weighted by atomic mass is 9.92. The normalized spacial score (nSPS) is 18.5. The predicted molar refractivity (Wildman–Crippen MR) is 76.4 cm³/mol. The van der Waals surface area contributed by atoms with Crippen LogP contribution in [0, 0.1) is 6.92 Å². The van der Waals surface area contributed by atoms with E-state index in [1.807, 2.05) is 23.7 Å². The summed E-state index contributed by atoms with van der Waals surface area (Å²) in [6.07, 6.45) is 4.35. The molecule has 0 spiro atoms. The molecule has 19 heavy (non-hydrogen) atoms. The van der Waals surface area contributed by atoms with Crippen LogP contribution in [0.4, 0.5) is 0 Å². The molecule has 3 rings (SSSR count). The van der Waals surface area contributed by atoms with Gasteiger partial charge in [-0.25, -0.2) is 9.50 Å². The highest BCUT2D eigenvalue weighted by atomic mass is 15.3. The lowest BCUT2D eigenvalue weighted by Gasteiger charge is -2.34. The molecule has 0 N–H and O–H groups in total. The number of hydrogen-bond acceptors (Lipinski definition) is 3. The maximum absolute atomic E-state index is 4.58. The van der Waals surface area contributed by atoms with Crippen molar-refractivity contribution in [2.45, 2.75) is 45.6 Å². The van der Waals surface area contributed by atoms with Gasteiger partial charge in [0.05, 0.1) is 5.69 Å². The monoisotopic (exact) mass is 258 g/mol. The zero-order chi connectivity index (χ0) is 13.4. The maximum atomic E-state index is 4.58. The molecule has 1 aliphatic heterocycles. The van der Waals surface area contributed by atoms with Crippen LogP contribution in [0.5, 0.6) is 0 Å². The molecule has 0 radical (unpaired) electrons. The molecule has 0 unspecified atom stereocenters. The fourth-order valence-corrected chi connectivity index (χ4v) is 3.05. The van der Waals surface area contributed by atoms with Crippen molar-refractivity contribution < 1.29 is 0 Å². The van der Waals surface area contributed by atoms with Crippen molar-refractivity contribution in [2.24, 2.45) is 0 Å². The van der Waals surface area contributed by atoms with E-state index in [0.29, 0.717) is 12.0 Å². The predicted octanol–water partition coefficient (Wildman–Crippen LogP) is 2.63. The van der Waals surface area contributed by atoms with Crippen LogP contribution in [-0.4, -0.2) is 38.6 Å². The fraction of sp³-hybridized carbons (Fsp3) is 0.600. The molecule has 1 fully saturated rings. The van der Waals surface area contributed by atoms with Crippen molar-refractivity contribution in [2.75, 3.05) is 13.1 Å². The van der Waals surface area contributed by atoms with Gasteiger partial charge in [0.15, 0.2) is 5.65 Å². The summed E-state index contributed by atoms with van der Waals surface area (Å²) in [6, 6.07) is 4.84. The second-order valence-electron chi connectivity index (χ2n) is 5.83. The van der Waals surface area contributed by atoms with Gasteiger partial charge < -0.3 is 4.90 Å². The van der Waals surface area contributed by atoms with E-state index in [-0.39, 0.29) is 0 Å². The highest BCUT2D eigenvalue weighted by molar-refractivity contribution is 5.40. The van der Waals surface area contributed by atoms with Crippen LogP contribution in [0.3, 0.4) is 0 Å². The first-order valence-electron chi connectivity index (χ1n) is 7.20. The molecule has 4 heteroatoms. The van der Waals surface area contributed by atoms with Crippen molar-refractivity contribution in [3.63, 3.8) is 0 Å². The first kappa shape index (κ1) is 12.6. The number of aromatic nitrogens is 3. The summed E-state index contributed by atoms with van der Waals surface area (Å²) in [7, 11) is 0. The molecule has 0 atom stereocenters. The maximum Gasteiger partial charge on any atom is 0.155 e. The molecule has 0 bridgehead atoms. The zero-order valence-electron chi connectivity index (χ0n) is 12.0. The van der Waals surface area contributed by atoms with E-state index in [4.69, 9.17) is 0 Å². The number of nitrogens with zero attached hydrogens (tertiary/aromatic N) is 4. The van der Waals surface area contributed by atoms with Crippen LogP contribution in [0.25, 0.3) is 5.65 Å². The summed E-state index contributed by atoms with van der Waals surface area (Å²) in [6.45, 7) is 8.96. The highest BCUT2D eigenvalue weighted by Crippen LogP contribution is 2.28. The molecule has 1 saturated heterocycles. The Kier molecular flexibility index (Phi) is 3.27. The average Bonchev–Trinajstić information content (AvgIpc) is 2.78. The van der Waals surface area contributed by atoms with Crippen molar-refractivity contribution in [1.29, 1.82) is 0 Å². The summed E-state index contributed by atoms with van der Waals surface area (Å²) < 4.78 is 2.03. The summed E-state index contributed by atoms with van der Waals surface area (Å²) in [5.74, 6) is 0.611. The summed E-state index contributed by atoms with van der Waals surface area (Å²) in [5.41, 5.74) is 3.34. The van der Waals surface area contributed by atoms with E-state index < -0.39 is 0 Å². The lowest BCUT2D eigenvalue weighted by molar-refractivity contribution is 0.170. The van der Waals surface area contributed by atoms with Gasteiger partial charge in [-0.05, 0) is 52.8 Å². The lowest BCUT2D eigenvalue weighted by Crippen LogP contribution is -2.38. The topological polar surface area (TPSA) is 33.4 Å². The second kappa shape index (κ2) is 4.93. The summed E-state index contributed by atoms with van der Waals surface area (Å²) in [5, 5.41) is 4.58. The third kappa shape index (κ3) is 2.37. The minimum Gasteiger partial charge on any atom is -0.301 e. The van der Waals surface area contributed by atoms with Gasteiger partial charge in [-0.2, -0.15) is 5.10 Å². The number of piperidine rings is 1. The molecular weight excluding hydrogens is 236 g/mol. The van der Waals surface area contributed by atoms with Gasteiger partial charge >= 0.3 is 0 Å². The van der Waals surface area contributed by atoms with Crippen molar-refractivity contribution in [3.8, 4) is 0 Å². The van der Waals surface area contributed by atoms with E-state index in [1.54, 1.807) is 0 Å². The van der Waals surface area contributed by atoms with Gasteiger partial charge in [-0.1, -0.05) is 0 Å². The van der Waals surface area contributed by atoms with Gasteiger partial charge in [0.25, 0.3) is 0 Å². The Hall–Kier alpha value is -1.42. The fourth-order valence-electron chi connectivity index (χ4n) is 3.05. The van der Waals surface area contributed by atoms with E-state index in [2.05, 4.69) is 34.9 Å². The van der Waals surface area contributed by atoms with Gasteiger partial charge in [-0.3, -0.25) is 0 Å². The van der Waals surface area contributed by atoms with Crippen molar-refractivity contribution in [3.05, 3.63) is 29.7 Å². The molecule has 0 aromatic carbocycles. The van der Waals surface area contributed by atoms with Gasteiger partial charge in [0.2, 0.25) is 0 Å². The van der Waals surface area contributed by atoms with Crippen molar-refractivity contribution in [1.82, 2.24) is 19.5 Å². The van der Waals surface area contributed by atoms with Crippen molar-refractivity contribution >= 4 is 5.65 Å².